The molecule has 0 unspecified atom stereocenters. The first-order chi connectivity index (χ1) is 10.2. The Balaban J connectivity index is 1.80. The van der Waals surface area contributed by atoms with Crippen molar-refractivity contribution in [2.45, 2.75) is 19.3 Å². The highest BCUT2D eigenvalue weighted by molar-refractivity contribution is 5.29. The van der Waals surface area contributed by atoms with Gasteiger partial charge in [0.25, 0.3) is 0 Å². The molecule has 2 aromatic carbocycles. The van der Waals surface area contributed by atoms with Crippen LogP contribution in [-0.4, -0.2) is 13.1 Å². The van der Waals surface area contributed by atoms with E-state index in [1.165, 1.54) is 23.3 Å². The summed E-state index contributed by atoms with van der Waals surface area (Å²) in [5.74, 6) is -0.621. The van der Waals surface area contributed by atoms with E-state index in [-0.39, 0.29) is 5.82 Å². The molecule has 0 radical (unpaired) electrons. The fourth-order valence-corrected chi connectivity index (χ4v) is 2.71. The third-order valence-electron chi connectivity index (χ3n) is 3.83. The highest BCUT2D eigenvalue weighted by atomic mass is 19.1. The highest BCUT2D eigenvalue weighted by Gasteiger charge is 2.34. The van der Waals surface area contributed by atoms with Gasteiger partial charge in [0.1, 0.15) is 5.82 Å². The molecule has 0 atom stereocenters. The van der Waals surface area contributed by atoms with Crippen molar-refractivity contribution in [2.75, 3.05) is 13.1 Å². The average molecular weight is 285 g/mol. The Labute approximate surface area is 124 Å². The minimum atomic E-state index is -0.416. The Hall–Kier alpha value is -1.75. The Kier molecular flexibility index (Phi) is 4.01. The van der Waals surface area contributed by atoms with E-state index in [1.807, 2.05) is 0 Å². The third kappa shape index (κ3) is 3.13. The predicted molar refractivity (Wildman–Crippen MR) is 82.1 cm³/mol. The number of halogens is 1. The van der Waals surface area contributed by atoms with E-state index >= 15 is 0 Å². The standard InChI is InChI=1S/C17H20FN3/c1-13-3-2-4-15(11-13)17(19-9-10-20-17)21-12-14-5-7-16(18)8-6-14/h2-8,11,19-21H,9-10,12H2,1H3. The summed E-state index contributed by atoms with van der Waals surface area (Å²) < 4.78 is 13.0. The normalized spacial score (nSPS) is 17.0. The van der Waals surface area contributed by atoms with Crippen LogP contribution in [0.15, 0.2) is 48.5 Å². The molecule has 1 saturated heterocycles. The van der Waals surface area contributed by atoms with Crippen LogP contribution < -0.4 is 16.0 Å². The van der Waals surface area contributed by atoms with Gasteiger partial charge < -0.3 is 0 Å². The molecule has 0 amide bonds. The van der Waals surface area contributed by atoms with E-state index in [0.29, 0.717) is 6.54 Å². The average Bonchev–Trinajstić information content (AvgIpc) is 2.97. The number of hydrogen-bond donors (Lipinski definition) is 3. The molecule has 2 aromatic rings. The van der Waals surface area contributed by atoms with E-state index in [9.17, 15) is 4.39 Å². The summed E-state index contributed by atoms with van der Waals surface area (Å²) in [6.45, 7) is 4.56. The van der Waals surface area contributed by atoms with Crippen LogP contribution in [0.5, 0.6) is 0 Å². The zero-order valence-corrected chi connectivity index (χ0v) is 12.1. The number of nitrogens with one attached hydrogen (secondary N) is 3. The van der Waals surface area contributed by atoms with Crippen LogP contribution in [0.3, 0.4) is 0 Å². The maximum Gasteiger partial charge on any atom is 0.150 e. The minimum Gasteiger partial charge on any atom is -0.282 e. The highest BCUT2D eigenvalue weighted by Crippen LogP contribution is 2.20. The van der Waals surface area contributed by atoms with Gasteiger partial charge in [0, 0.05) is 25.2 Å². The second-order valence-electron chi connectivity index (χ2n) is 5.45. The summed E-state index contributed by atoms with van der Waals surface area (Å²) in [4.78, 5) is 0. The molecule has 110 valence electrons. The van der Waals surface area contributed by atoms with Gasteiger partial charge in [0.2, 0.25) is 0 Å². The maximum atomic E-state index is 13.0. The van der Waals surface area contributed by atoms with Gasteiger partial charge in [0.05, 0.1) is 0 Å². The quantitative estimate of drug-likeness (QED) is 0.806. The first kappa shape index (κ1) is 14.2. The Morgan fingerprint density at radius 2 is 1.81 bits per heavy atom. The van der Waals surface area contributed by atoms with E-state index < -0.39 is 5.79 Å². The number of benzene rings is 2. The lowest BCUT2D eigenvalue weighted by Crippen LogP contribution is -2.57. The molecule has 0 saturated carbocycles. The maximum absolute atomic E-state index is 13.0. The Bertz CT molecular complexity index is 604. The fourth-order valence-electron chi connectivity index (χ4n) is 2.71. The summed E-state index contributed by atoms with van der Waals surface area (Å²) in [5.41, 5.74) is 3.45. The molecular weight excluding hydrogens is 265 g/mol. The monoisotopic (exact) mass is 285 g/mol. The summed E-state index contributed by atoms with van der Waals surface area (Å²) in [6.07, 6.45) is 0. The molecule has 3 N–H and O–H groups in total. The molecule has 0 spiro atoms. The van der Waals surface area contributed by atoms with Crippen molar-refractivity contribution in [3.8, 4) is 0 Å². The first-order valence-electron chi connectivity index (χ1n) is 7.25. The smallest absolute Gasteiger partial charge is 0.150 e. The van der Waals surface area contributed by atoms with Crippen molar-refractivity contribution < 1.29 is 4.39 Å². The Morgan fingerprint density at radius 3 is 2.48 bits per heavy atom. The topological polar surface area (TPSA) is 36.1 Å². The van der Waals surface area contributed by atoms with Crippen LogP contribution in [0.4, 0.5) is 4.39 Å². The molecular formula is C17H20FN3. The van der Waals surface area contributed by atoms with Gasteiger partial charge in [0.15, 0.2) is 5.79 Å². The summed E-state index contributed by atoms with van der Waals surface area (Å²) in [7, 11) is 0. The fraction of sp³-hybridized carbons (Fsp3) is 0.294. The van der Waals surface area contributed by atoms with Gasteiger partial charge in [-0.3, -0.25) is 16.0 Å². The molecule has 1 aliphatic rings. The zero-order chi connectivity index (χ0) is 14.7. The lowest BCUT2D eigenvalue weighted by atomic mass is 10.0. The van der Waals surface area contributed by atoms with Gasteiger partial charge in [-0.05, 0) is 24.6 Å². The molecule has 0 aromatic heterocycles. The molecule has 1 aliphatic heterocycles. The van der Waals surface area contributed by atoms with Crippen LogP contribution in [-0.2, 0) is 12.3 Å². The van der Waals surface area contributed by atoms with Crippen LogP contribution in [0.25, 0.3) is 0 Å². The largest absolute Gasteiger partial charge is 0.282 e. The predicted octanol–water partition coefficient (Wildman–Crippen LogP) is 2.23. The SMILES string of the molecule is Cc1cccc(C2(NCc3ccc(F)cc3)NCCN2)c1. The van der Waals surface area contributed by atoms with Crippen molar-refractivity contribution in [1.29, 1.82) is 0 Å². The van der Waals surface area contributed by atoms with E-state index in [4.69, 9.17) is 0 Å². The minimum absolute atomic E-state index is 0.204. The van der Waals surface area contributed by atoms with Gasteiger partial charge in [-0.1, -0.05) is 42.0 Å². The molecule has 3 nitrogen and oxygen atoms in total. The Morgan fingerprint density at radius 1 is 1.10 bits per heavy atom. The van der Waals surface area contributed by atoms with Crippen LogP contribution in [0.1, 0.15) is 16.7 Å². The van der Waals surface area contributed by atoms with Crippen LogP contribution in [0, 0.1) is 12.7 Å². The van der Waals surface area contributed by atoms with Crippen molar-refractivity contribution in [3.05, 3.63) is 71.0 Å². The third-order valence-corrected chi connectivity index (χ3v) is 3.83. The second-order valence-corrected chi connectivity index (χ2v) is 5.45. The lowest BCUT2D eigenvalue weighted by Gasteiger charge is -2.32. The van der Waals surface area contributed by atoms with Crippen LogP contribution in [0.2, 0.25) is 0 Å². The molecule has 0 aliphatic carbocycles. The van der Waals surface area contributed by atoms with Crippen molar-refractivity contribution in [1.82, 2.24) is 16.0 Å². The van der Waals surface area contributed by atoms with E-state index in [2.05, 4.69) is 47.1 Å². The van der Waals surface area contributed by atoms with Gasteiger partial charge in [-0.25, -0.2) is 4.39 Å². The van der Waals surface area contributed by atoms with Gasteiger partial charge >= 0.3 is 0 Å². The molecule has 4 heteroatoms. The van der Waals surface area contributed by atoms with E-state index in [0.717, 1.165) is 18.7 Å². The lowest BCUT2D eigenvalue weighted by molar-refractivity contribution is 0.261. The summed E-state index contributed by atoms with van der Waals surface area (Å²) in [6, 6.07) is 15.0. The number of aryl methyl sites for hydroxylation is 1. The summed E-state index contributed by atoms with van der Waals surface area (Å²) >= 11 is 0. The van der Waals surface area contributed by atoms with Crippen molar-refractivity contribution in [2.24, 2.45) is 0 Å². The number of hydrogen-bond acceptors (Lipinski definition) is 3. The first-order valence-corrected chi connectivity index (χ1v) is 7.25. The van der Waals surface area contributed by atoms with Crippen molar-refractivity contribution >= 4 is 0 Å². The molecule has 21 heavy (non-hydrogen) atoms. The van der Waals surface area contributed by atoms with Crippen molar-refractivity contribution in [3.63, 3.8) is 0 Å². The molecule has 1 fully saturated rings. The van der Waals surface area contributed by atoms with E-state index in [1.54, 1.807) is 12.1 Å². The second kappa shape index (κ2) is 5.93. The molecule has 1 heterocycles. The van der Waals surface area contributed by atoms with Gasteiger partial charge in [-0.2, -0.15) is 0 Å². The molecule has 3 rings (SSSR count). The molecule has 0 bridgehead atoms. The van der Waals surface area contributed by atoms with Gasteiger partial charge in [-0.15, -0.1) is 0 Å². The zero-order valence-electron chi connectivity index (χ0n) is 12.1. The number of rotatable bonds is 4. The van der Waals surface area contributed by atoms with Crippen LogP contribution >= 0.6 is 0 Å². The summed E-state index contributed by atoms with van der Waals surface area (Å²) in [5, 5.41) is 10.5.